The van der Waals surface area contributed by atoms with Crippen LogP contribution in [0.25, 0.3) is 0 Å². The molecule has 1 saturated carbocycles. The van der Waals surface area contributed by atoms with Crippen LogP contribution in [0.1, 0.15) is 36.3 Å². The fourth-order valence-electron chi connectivity index (χ4n) is 3.60. The first kappa shape index (κ1) is 11.6. The fourth-order valence-corrected chi connectivity index (χ4v) is 3.60. The molecule has 1 aromatic carbocycles. The Labute approximate surface area is 108 Å². The standard InChI is InChI=1S/C16H18O2/c1-3-16(17)9-12-5-4-11-8-13(18-2)6-7-14(11)15(12)10-16/h1,6-8,12,15,17H,4-5,9-10H2,2H3/t12-,15+,16-/m0/s1. The Balaban J connectivity index is 1.97. The minimum Gasteiger partial charge on any atom is -0.497 e. The molecule has 0 heterocycles. The first-order valence-corrected chi connectivity index (χ1v) is 6.52. The van der Waals surface area contributed by atoms with Crippen molar-refractivity contribution in [3.8, 4) is 18.1 Å². The van der Waals surface area contributed by atoms with Gasteiger partial charge in [-0.1, -0.05) is 12.0 Å². The van der Waals surface area contributed by atoms with Crippen molar-refractivity contribution in [3.05, 3.63) is 29.3 Å². The average molecular weight is 242 g/mol. The number of aryl methyl sites for hydroxylation is 1. The smallest absolute Gasteiger partial charge is 0.126 e. The lowest BCUT2D eigenvalue weighted by Crippen LogP contribution is -2.21. The highest BCUT2D eigenvalue weighted by Crippen LogP contribution is 2.51. The topological polar surface area (TPSA) is 29.5 Å². The highest BCUT2D eigenvalue weighted by atomic mass is 16.5. The van der Waals surface area contributed by atoms with E-state index in [1.54, 1.807) is 7.11 Å². The van der Waals surface area contributed by atoms with Gasteiger partial charge in [-0.05, 0) is 60.8 Å². The molecule has 1 N–H and O–H groups in total. The number of rotatable bonds is 1. The zero-order valence-electron chi connectivity index (χ0n) is 10.6. The van der Waals surface area contributed by atoms with Crippen molar-refractivity contribution in [1.29, 1.82) is 0 Å². The molecule has 2 nitrogen and oxygen atoms in total. The van der Waals surface area contributed by atoms with Crippen LogP contribution in [0.4, 0.5) is 0 Å². The molecule has 3 rings (SSSR count). The zero-order chi connectivity index (χ0) is 12.8. The molecule has 0 bridgehead atoms. The van der Waals surface area contributed by atoms with E-state index in [1.807, 2.05) is 6.07 Å². The van der Waals surface area contributed by atoms with Crippen LogP contribution in [0, 0.1) is 18.3 Å². The minimum atomic E-state index is -0.892. The van der Waals surface area contributed by atoms with E-state index >= 15 is 0 Å². The number of hydrogen-bond donors (Lipinski definition) is 1. The van der Waals surface area contributed by atoms with Crippen LogP contribution in [0.2, 0.25) is 0 Å². The van der Waals surface area contributed by atoms with Crippen molar-refractivity contribution in [1.82, 2.24) is 0 Å². The van der Waals surface area contributed by atoms with Crippen LogP contribution in [0.3, 0.4) is 0 Å². The summed E-state index contributed by atoms with van der Waals surface area (Å²) in [6, 6.07) is 6.28. The molecule has 0 spiro atoms. The molecular weight excluding hydrogens is 224 g/mol. The predicted octanol–water partition coefficient (Wildman–Crippen LogP) is 2.50. The molecule has 0 radical (unpaired) electrons. The third-order valence-corrected chi connectivity index (χ3v) is 4.53. The summed E-state index contributed by atoms with van der Waals surface area (Å²) >= 11 is 0. The van der Waals surface area contributed by atoms with E-state index < -0.39 is 5.60 Å². The number of aliphatic hydroxyl groups is 1. The number of hydrogen-bond acceptors (Lipinski definition) is 2. The summed E-state index contributed by atoms with van der Waals surface area (Å²) in [5.74, 6) is 4.45. The highest BCUT2D eigenvalue weighted by Gasteiger charge is 2.45. The van der Waals surface area contributed by atoms with E-state index in [1.165, 1.54) is 11.1 Å². The minimum absolute atomic E-state index is 0.417. The molecule has 94 valence electrons. The Bertz CT molecular complexity index is 514. The number of fused-ring (bicyclic) bond motifs is 3. The average Bonchev–Trinajstić information content (AvgIpc) is 2.75. The molecule has 3 atom stereocenters. The Morgan fingerprint density at radius 1 is 1.44 bits per heavy atom. The van der Waals surface area contributed by atoms with E-state index in [0.717, 1.165) is 25.0 Å². The maximum Gasteiger partial charge on any atom is 0.126 e. The van der Waals surface area contributed by atoms with Crippen molar-refractivity contribution < 1.29 is 9.84 Å². The summed E-state index contributed by atoms with van der Waals surface area (Å²) < 4.78 is 5.27. The largest absolute Gasteiger partial charge is 0.497 e. The number of methoxy groups -OCH3 is 1. The van der Waals surface area contributed by atoms with Gasteiger partial charge in [0.1, 0.15) is 11.4 Å². The van der Waals surface area contributed by atoms with E-state index in [0.29, 0.717) is 18.3 Å². The molecular formula is C16H18O2. The Morgan fingerprint density at radius 3 is 3.00 bits per heavy atom. The number of terminal acetylenes is 1. The van der Waals surface area contributed by atoms with Crippen molar-refractivity contribution in [2.24, 2.45) is 5.92 Å². The van der Waals surface area contributed by atoms with Crippen molar-refractivity contribution in [2.75, 3.05) is 7.11 Å². The summed E-state index contributed by atoms with van der Waals surface area (Å²) in [5.41, 5.74) is 1.83. The van der Waals surface area contributed by atoms with Gasteiger partial charge in [-0.2, -0.15) is 0 Å². The molecule has 0 aliphatic heterocycles. The first-order valence-electron chi connectivity index (χ1n) is 6.52. The summed E-state index contributed by atoms with van der Waals surface area (Å²) in [7, 11) is 1.69. The quantitative estimate of drug-likeness (QED) is 0.767. The van der Waals surface area contributed by atoms with Gasteiger partial charge in [0.2, 0.25) is 0 Å². The molecule has 18 heavy (non-hydrogen) atoms. The van der Waals surface area contributed by atoms with Gasteiger partial charge in [-0.25, -0.2) is 0 Å². The molecule has 0 unspecified atom stereocenters. The summed E-state index contributed by atoms with van der Waals surface area (Å²) in [6.45, 7) is 0. The highest BCUT2D eigenvalue weighted by molar-refractivity contribution is 5.41. The van der Waals surface area contributed by atoms with E-state index in [2.05, 4.69) is 18.1 Å². The van der Waals surface area contributed by atoms with Gasteiger partial charge in [0, 0.05) is 0 Å². The third kappa shape index (κ3) is 1.71. The second-order valence-electron chi connectivity index (χ2n) is 5.55. The molecule has 2 aliphatic carbocycles. The SMILES string of the molecule is C#C[C@]1(O)C[C@@H]2CCc3cc(OC)ccc3[C@@H]2C1. The molecule has 1 aromatic rings. The van der Waals surface area contributed by atoms with Crippen LogP contribution in [-0.4, -0.2) is 17.8 Å². The maximum absolute atomic E-state index is 10.3. The zero-order valence-corrected chi connectivity index (χ0v) is 10.6. The van der Waals surface area contributed by atoms with Gasteiger partial charge in [-0.15, -0.1) is 6.42 Å². The van der Waals surface area contributed by atoms with E-state index in [4.69, 9.17) is 11.2 Å². The molecule has 0 aromatic heterocycles. The predicted molar refractivity (Wildman–Crippen MR) is 70.6 cm³/mol. The number of ether oxygens (including phenoxy) is 1. The van der Waals surface area contributed by atoms with Gasteiger partial charge < -0.3 is 9.84 Å². The van der Waals surface area contributed by atoms with Crippen LogP contribution in [0.5, 0.6) is 5.75 Å². The lowest BCUT2D eigenvalue weighted by atomic mass is 9.77. The van der Waals surface area contributed by atoms with Gasteiger partial charge in [0.25, 0.3) is 0 Å². The lowest BCUT2D eigenvalue weighted by Gasteiger charge is -2.28. The summed E-state index contributed by atoms with van der Waals surface area (Å²) in [5, 5.41) is 10.3. The molecule has 2 aliphatic rings. The summed E-state index contributed by atoms with van der Waals surface area (Å²) in [4.78, 5) is 0. The fraction of sp³-hybridized carbons (Fsp3) is 0.500. The van der Waals surface area contributed by atoms with Gasteiger partial charge in [0.15, 0.2) is 0 Å². The van der Waals surface area contributed by atoms with Crippen molar-refractivity contribution in [3.63, 3.8) is 0 Å². The lowest BCUT2D eigenvalue weighted by molar-refractivity contribution is 0.104. The number of benzene rings is 1. The van der Waals surface area contributed by atoms with Crippen LogP contribution >= 0.6 is 0 Å². The molecule has 0 amide bonds. The normalized spacial score (nSPS) is 33.4. The van der Waals surface area contributed by atoms with E-state index in [-0.39, 0.29) is 0 Å². The third-order valence-electron chi connectivity index (χ3n) is 4.53. The van der Waals surface area contributed by atoms with Crippen molar-refractivity contribution >= 4 is 0 Å². The van der Waals surface area contributed by atoms with E-state index in [9.17, 15) is 5.11 Å². The Kier molecular flexibility index (Phi) is 2.60. The molecule has 2 heteroatoms. The Hall–Kier alpha value is -1.46. The maximum atomic E-state index is 10.3. The van der Waals surface area contributed by atoms with Gasteiger partial charge >= 0.3 is 0 Å². The first-order chi connectivity index (χ1) is 8.65. The van der Waals surface area contributed by atoms with Crippen LogP contribution in [-0.2, 0) is 6.42 Å². The van der Waals surface area contributed by atoms with Crippen LogP contribution in [0.15, 0.2) is 18.2 Å². The van der Waals surface area contributed by atoms with Gasteiger partial charge in [-0.3, -0.25) is 0 Å². The van der Waals surface area contributed by atoms with Crippen molar-refractivity contribution in [2.45, 2.75) is 37.2 Å². The second kappa shape index (κ2) is 4.03. The molecule has 0 saturated heterocycles. The Morgan fingerprint density at radius 2 is 2.28 bits per heavy atom. The molecule has 1 fully saturated rings. The second-order valence-corrected chi connectivity index (χ2v) is 5.55. The summed E-state index contributed by atoms with van der Waals surface area (Å²) in [6.07, 6.45) is 9.10. The van der Waals surface area contributed by atoms with Gasteiger partial charge in [0.05, 0.1) is 7.11 Å². The monoisotopic (exact) mass is 242 g/mol. The van der Waals surface area contributed by atoms with Crippen LogP contribution < -0.4 is 4.74 Å².